The van der Waals surface area contributed by atoms with E-state index in [0.29, 0.717) is 42.2 Å². The zero-order chi connectivity index (χ0) is 19.4. The van der Waals surface area contributed by atoms with Crippen molar-refractivity contribution in [2.45, 2.75) is 11.8 Å². The van der Waals surface area contributed by atoms with Crippen molar-refractivity contribution in [3.05, 3.63) is 63.9 Å². The van der Waals surface area contributed by atoms with Gasteiger partial charge in [-0.15, -0.1) is 5.10 Å². The van der Waals surface area contributed by atoms with E-state index in [4.69, 9.17) is 4.74 Å². The fourth-order valence-electron chi connectivity index (χ4n) is 2.62. The summed E-state index contributed by atoms with van der Waals surface area (Å²) in [6, 6.07) is 10.7. The van der Waals surface area contributed by atoms with Gasteiger partial charge in [0.2, 0.25) is 0 Å². The molecule has 0 spiro atoms. The van der Waals surface area contributed by atoms with Crippen molar-refractivity contribution in [1.82, 2.24) is 9.73 Å². The molecule has 1 aliphatic heterocycles. The first-order chi connectivity index (χ1) is 12.9. The van der Waals surface area contributed by atoms with Crippen molar-refractivity contribution in [2.24, 2.45) is 5.10 Å². The molecule has 0 saturated carbocycles. The summed E-state index contributed by atoms with van der Waals surface area (Å²) in [4.78, 5) is 4.24. The van der Waals surface area contributed by atoms with Gasteiger partial charge in [-0.3, -0.25) is 0 Å². The van der Waals surface area contributed by atoms with Crippen LogP contribution in [0, 0.1) is 12.7 Å². The van der Waals surface area contributed by atoms with Gasteiger partial charge >= 0.3 is 0 Å². The average Bonchev–Trinajstić information content (AvgIpc) is 2.66. The van der Waals surface area contributed by atoms with Crippen LogP contribution in [-0.2, 0) is 14.8 Å². The highest BCUT2D eigenvalue weighted by atomic mass is 79.9. The lowest BCUT2D eigenvalue weighted by atomic mass is 10.2. The molecule has 2 aromatic carbocycles. The van der Waals surface area contributed by atoms with E-state index in [2.05, 4.69) is 25.9 Å². The lowest BCUT2D eigenvalue weighted by Gasteiger charge is -2.30. The summed E-state index contributed by atoms with van der Waals surface area (Å²) in [6.07, 6.45) is 0. The third kappa shape index (κ3) is 4.85. The molecule has 1 fully saturated rings. The Morgan fingerprint density at radius 2 is 1.85 bits per heavy atom. The quantitative estimate of drug-likeness (QED) is 0.437. The van der Waals surface area contributed by atoms with Gasteiger partial charge in [0.05, 0.1) is 18.1 Å². The smallest absolute Gasteiger partial charge is 0.276 e. The Morgan fingerprint density at radius 1 is 1.19 bits per heavy atom. The first-order valence-corrected chi connectivity index (χ1v) is 10.6. The van der Waals surface area contributed by atoms with E-state index in [1.165, 1.54) is 24.3 Å². The maximum Gasteiger partial charge on any atom is 0.276 e. The van der Waals surface area contributed by atoms with Crippen LogP contribution in [0.5, 0.6) is 0 Å². The van der Waals surface area contributed by atoms with Crippen molar-refractivity contribution in [1.29, 1.82) is 0 Å². The van der Waals surface area contributed by atoms with Crippen molar-refractivity contribution in [3.63, 3.8) is 0 Å². The fraction of sp³-hybridized carbons (Fsp3) is 0.278. The van der Waals surface area contributed by atoms with Gasteiger partial charge < -0.3 is 9.64 Å². The van der Waals surface area contributed by atoms with Crippen LogP contribution < -0.4 is 4.83 Å². The second-order valence-corrected chi connectivity index (χ2v) is 8.58. The topological polar surface area (TPSA) is 71.0 Å². The van der Waals surface area contributed by atoms with E-state index >= 15 is 0 Å². The molecular weight excluding hydrogens is 437 g/mol. The second kappa shape index (κ2) is 8.37. The zero-order valence-electron chi connectivity index (χ0n) is 14.7. The molecular formula is C18H19BrFN3O3S. The van der Waals surface area contributed by atoms with Gasteiger partial charge in [0.25, 0.3) is 10.0 Å². The Labute approximate surface area is 166 Å². The van der Waals surface area contributed by atoms with Crippen LogP contribution in [0.25, 0.3) is 0 Å². The van der Waals surface area contributed by atoms with Crippen LogP contribution in [0.1, 0.15) is 11.1 Å². The minimum atomic E-state index is -3.85. The summed E-state index contributed by atoms with van der Waals surface area (Å²) in [6.45, 7) is 3.88. The second-order valence-electron chi connectivity index (χ2n) is 6.07. The van der Waals surface area contributed by atoms with E-state index in [9.17, 15) is 12.8 Å². The molecule has 0 aliphatic carbocycles. The number of morpholine rings is 1. The standard InChI is InChI=1S/C18H19BrFN3O3S/c1-13-2-5-15(6-3-13)27(24,25)22-21-18(23-8-10-26-11-9-23)16-12-14(20)4-7-17(16)19/h2-7,12,22H,8-11H2,1H3/b21-18-. The van der Waals surface area contributed by atoms with Crippen LogP contribution in [0.4, 0.5) is 4.39 Å². The van der Waals surface area contributed by atoms with Gasteiger partial charge in [-0.05, 0) is 37.3 Å². The molecule has 1 N–H and O–H groups in total. The normalized spacial score (nSPS) is 15.7. The lowest BCUT2D eigenvalue weighted by molar-refractivity contribution is 0.0681. The highest BCUT2D eigenvalue weighted by Gasteiger charge is 2.21. The summed E-state index contributed by atoms with van der Waals surface area (Å²) in [5, 5.41) is 4.14. The van der Waals surface area contributed by atoms with Gasteiger partial charge in [-0.2, -0.15) is 13.2 Å². The molecule has 3 rings (SSSR count). The Morgan fingerprint density at radius 3 is 2.52 bits per heavy atom. The number of nitrogens with one attached hydrogen (secondary N) is 1. The molecule has 1 aliphatic rings. The minimum Gasteiger partial charge on any atom is -0.378 e. The van der Waals surface area contributed by atoms with E-state index in [0.717, 1.165) is 5.56 Å². The number of rotatable bonds is 4. The van der Waals surface area contributed by atoms with Crippen LogP contribution in [0.3, 0.4) is 0 Å². The number of sulfonamides is 1. The molecule has 27 heavy (non-hydrogen) atoms. The third-order valence-corrected chi connectivity index (χ3v) is 6.00. The average molecular weight is 456 g/mol. The number of aryl methyl sites for hydroxylation is 1. The lowest BCUT2D eigenvalue weighted by Crippen LogP contribution is -2.42. The molecule has 6 nitrogen and oxygen atoms in total. The maximum absolute atomic E-state index is 13.8. The largest absolute Gasteiger partial charge is 0.378 e. The highest BCUT2D eigenvalue weighted by molar-refractivity contribution is 9.10. The summed E-state index contributed by atoms with van der Waals surface area (Å²) >= 11 is 3.39. The Kier molecular flexibility index (Phi) is 6.13. The first-order valence-electron chi connectivity index (χ1n) is 8.31. The predicted octanol–water partition coefficient (Wildman–Crippen LogP) is 2.87. The predicted molar refractivity (Wildman–Crippen MR) is 105 cm³/mol. The number of amidine groups is 1. The number of halogens is 2. The number of hydrazone groups is 1. The van der Waals surface area contributed by atoms with Gasteiger partial charge in [0.1, 0.15) is 5.82 Å². The Balaban J connectivity index is 1.97. The molecule has 0 amide bonds. The van der Waals surface area contributed by atoms with E-state index < -0.39 is 15.8 Å². The van der Waals surface area contributed by atoms with Crippen LogP contribution in [-0.4, -0.2) is 45.5 Å². The Bertz CT molecular complexity index is 943. The number of ether oxygens (including phenoxy) is 1. The summed E-state index contributed by atoms with van der Waals surface area (Å²) < 4.78 is 44.9. The number of hydrogen-bond acceptors (Lipinski definition) is 4. The fourth-order valence-corrected chi connectivity index (χ4v) is 3.85. The molecule has 0 aromatic heterocycles. The van der Waals surface area contributed by atoms with E-state index in [1.807, 2.05) is 11.8 Å². The van der Waals surface area contributed by atoms with Crippen LogP contribution in [0.2, 0.25) is 0 Å². The minimum absolute atomic E-state index is 0.108. The molecule has 0 radical (unpaired) electrons. The van der Waals surface area contributed by atoms with Crippen molar-refractivity contribution >= 4 is 31.8 Å². The summed E-state index contributed by atoms with van der Waals surface area (Å²) in [5.41, 5.74) is 1.42. The molecule has 1 saturated heterocycles. The van der Waals surface area contributed by atoms with Crippen molar-refractivity contribution in [3.8, 4) is 0 Å². The van der Waals surface area contributed by atoms with Crippen molar-refractivity contribution in [2.75, 3.05) is 26.3 Å². The molecule has 0 unspecified atom stereocenters. The van der Waals surface area contributed by atoms with E-state index in [-0.39, 0.29) is 4.90 Å². The molecule has 2 aromatic rings. The van der Waals surface area contributed by atoms with E-state index in [1.54, 1.807) is 18.2 Å². The van der Waals surface area contributed by atoms with Crippen molar-refractivity contribution < 1.29 is 17.5 Å². The molecule has 0 atom stereocenters. The van der Waals surface area contributed by atoms with Crippen LogP contribution in [0.15, 0.2) is 56.9 Å². The molecule has 144 valence electrons. The third-order valence-electron chi connectivity index (χ3n) is 4.08. The van der Waals surface area contributed by atoms with Gasteiger partial charge in [-0.25, -0.2) is 4.39 Å². The zero-order valence-corrected chi connectivity index (χ0v) is 17.1. The number of benzene rings is 2. The number of hydrogen-bond donors (Lipinski definition) is 1. The van der Waals surface area contributed by atoms with Gasteiger partial charge in [0, 0.05) is 23.1 Å². The highest BCUT2D eigenvalue weighted by Crippen LogP contribution is 2.21. The van der Waals surface area contributed by atoms with Crippen LogP contribution >= 0.6 is 15.9 Å². The monoisotopic (exact) mass is 455 g/mol. The first kappa shape index (κ1) is 19.8. The maximum atomic E-state index is 13.8. The number of nitrogens with zero attached hydrogens (tertiary/aromatic N) is 2. The molecule has 1 heterocycles. The molecule has 0 bridgehead atoms. The summed E-state index contributed by atoms with van der Waals surface area (Å²) in [5.74, 6) is -0.101. The molecule has 9 heteroatoms. The van der Waals surface area contributed by atoms with Gasteiger partial charge in [0.15, 0.2) is 5.84 Å². The summed E-state index contributed by atoms with van der Waals surface area (Å²) in [7, 11) is -3.85. The SMILES string of the molecule is Cc1ccc(S(=O)(=O)N/N=C(/c2cc(F)ccc2Br)N2CCOCC2)cc1. The van der Waals surface area contributed by atoms with Gasteiger partial charge in [-0.1, -0.05) is 33.6 Å². The Hall–Kier alpha value is -1.97.